The maximum Gasteiger partial charge on any atom is 0.137 e. The minimum atomic E-state index is -0.412. The SMILES string of the molecule is CC.CC(=O)C(CC(C)(C)N)c1ccc(F)cc1. The first kappa shape index (κ1) is 16.8. The minimum Gasteiger partial charge on any atom is -0.326 e. The van der Waals surface area contributed by atoms with Crippen LogP contribution in [0.5, 0.6) is 0 Å². The van der Waals surface area contributed by atoms with Crippen molar-refractivity contribution in [3.05, 3.63) is 35.6 Å². The van der Waals surface area contributed by atoms with Gasteiger partial charge in [-0.15, -0.1) is 0 Å². The third kappa shape index (κ3) is 5.92. The van der Waals surface area contributed by atoms with Gasteiger partial charge in [-0.3, -0.25) is 4.79 Å². The summed E-state index contributed by atoms with van der Waals surface area (Å²) in [6, 6.07) is 6.03. The van der Waals surface area contributed by atoms with Crippen LogP contribution in [0.4, 0.5) is 4.39 Å². The summed E-state index contributed by atoms with van der Waals surface area (Å²) in [5.41, 5.74) is 6.33. The fourth-order valence-electron chi connectivity index (χ4n) is 1.72. The molecule has 2 N–H and O–H groups in total. The number of benzene rings is 1. The predicted molar refractivity (Wildman–Crippen MR) is 74.1 cm³/mol. The summed E-state index contributed by atoms with van der Waals surface area (Å²) in [6.07, 6.45) is 0.563. The van der Waals surface area contributed by atoms with E-state index in [0.29, 0.717) is 6.42 Å². The largest absolute Gasteiger partial charge is 0.326 e. The monoisotopic (exact) mass is 253 g/mol. The van der Waals surface area contributed by atoms with Crippen molar-refractivity contribution in [2.45, 2.75) is 52.5 Å². The van der Waals surface area contributed by atoms with Crippen LogP contribution in [0, 0.1) is 5.82 Å². The van der Waals surface area contributed by atoms with Crippen LogP contribution in [0.2, 0.25) is 0 Å². The van der Waals surface area contributed by atoms with Crippen molar-refractivity contribution < 1.29 is 9.18 Å². The van der Waals surface area contributed by atoms with Crippen molar-refractivity contribution >= 4 is 5.78 Å². The van der Waals surface area contributed by atoms with Gasteiger partial charge in [0, 0.05) is 11.5 Å². The molecule has 0 radical (unpaired) electrons. The molecule has 0 aliphatic rings. The van der Waals surface area contributed by atoms with Crippen LogP contribution in [0.25, 0.3) is 0 Å². The maximum absolute atomic E-state index is 12.8. The number of carbonyl (C=O) groups excluding carboxylic acids is 1. The Morgan fingerprint density at radius 1 is 1.28 bits per heavy atom. The van der Waals surface area contributed by atoms with Crippen LogP contribution in [-0.2, 0) is 4.79 Å². The highest BCUT2D eigenvalue weighted by Crippen LogP contribution is 2.25. The van der Waals surface area contributed by atoms with Gasteiger partial charge in [0.05, 0.1) is 0 Å². The Hall–Kier alpha value is -1.22. The molecule has 0 aromatic heterocycles. The molecule has 1 aromatic carbocycles. The zero-order valence-corrected chi connectivity index (χ0v) is 12.0. The van der Waals surface area contributed by atoms with E-state index in [4.69, 9.17) is 5.73 Å². The van der Waals surface area contributed by atoms with E-state index in [9.17, 15) is 9.18 Å². The van der Waals surface area contributed by atoms with Crippen molar-refractivity contribution in [1.29, 1.82) is 0 Å². The zero-order valence-electron chi connectivity index (χ0n) is 12.0. The average Bonchev–Trinajstić information content (AvgIpc) is 2.28. The topological polar surface area (TPSA) is 43.1 Å². The standard InChI is InChI=1S/C13H18FNO.C2H6/c1-9(16)12(8-13(2,3)15)10-4-6-11(14)7-5-10;1-2/h4-7,12H,8,15H2,1-3H3;1-2H3. The summed E-state index contributed by atoms with van der Waals surface area (Å²) in [7, 11) is 0. The van der Waals surface area contributed by atoms with E-state index in [1.54, 1.807) is 19.1 Å². The lowest BCUT2D eigenvalue weighted by Gasteiger charge is -2.24. The van der Waals surface area contributed by atoms with Gasteiger partial charge in [-0.05, 0) is 44.9 Å². The Balaban J connectivity index is 0.00000137. The molecule has 2 nitrogen and oxygen atoms in total. The van der Waals surface area contributed by atoms with Gasteiger partial charge in [-0.1, -0.05) is 26.0 Å². The Morgan fingerprint density at radius 3 is 2.06 bits per heavy atom. The van der Waals surface area contributed by atoms with E-state index < -0.39 is 5.54 Å². The van der Waals surface area contributed by atoms with E-state index in [1.165, 1.54) is 12.1 Å². The van der Waals surface area contributed by atoms with Gasteiger partial charge in [0.1, 0.15) is 11.6 Å². The maximum atomic E-state index is 12.8. The molecular weight excluding hydrogens is 229 g/mol. The van der Waals surface area contributed by atoms with E-state index in [-0.39, 0.29) is 17.5 Å². The number of carbonyl (C=O) groups is 1. The third-order valence-corrected chi connectivity index (χ3v) is 2.49. The normalized spacial score (nSPS) is 12.4. The first-order valence-electron chi connectivity index (χ1n) is 6.34. The van der Waals surface area contributed by atoms with E-state index in [0.717, 1.165) is 5.56 Å². The van der Waals surface area contributed by atoms with Gasteiger partial charge in [-0.25, -0.2) is 4.39 Å². The average molecular weight is 253 g/mol. The van der Waals surface area contributed by atoms with E-state index >= 15 is 0 Å². The van der Waals surface area contributed by atoms with E-state index in [2.05, 4.69) is 0 Å². The van der Waals surface area contributed by atoms with Crippen molar-refractivity contribution in [2.24, 2.45) is 5.73 Å². The molecule has 0 aliphatic carbocycles. The lowest BCUT2D eigenvalue weighted by molar-refractivity contribution is -0.118. The third-order valence-electron chi connectivity index (χ3n) is 2.49. The lowest BCUT2D eigenvalue weighted by Crippen LogP contribution is -2.35. The minimum absolute atomic E-state index is 0.0603. The van der Waals surface area contributed by atoms with Crippen LogP contribution in [-0.4, -0.2) is 11.3 Å². The second-order valence-electron chi connectivity index (χ2n) is 4.91. The molecule has 1 rings (SSSR count). The van der Waals surface area contributed by atoms with Crippen molar-refractivity contribution in [3.63, 3.8) is 0 Å². The van der Waals surface area contributed by atoms with E-state index in [1.807, 2.05) is 27.7 Å². The van der Waals surface area contributed by atoms with Gasteiger partial charge in [0.15, 0.2) is 0 Å². The quantitative estimate of drug-likeness (QED) is 0.890. The molecule has 0 spiro atoms. The summed E-state index contributed by atoms with van der Waals surface area (Å²) in [5.74, 6) is -0.483. The fourth-order valence-corrected chi connectivity index (χ4v) is 1.72. The fraction of sp³-hybridized carbons (Fsp3) is 0.533. The molecule has 0 fully saturated rings. The molecule has 102 valence electrons. The molecular formula is C15H24FNO. The number of hydrogen-bond acceptors (Lipinski definition) is 2. The molecule has 1 unspecified atom stereocenters. The van der Waals surface area contributed by atoms with Crippen LogP contribution in [0.3, 0.4) is 0 Å². The summed E-state index contributed by atoms with van der Waals surface area (Å²) in [5, 5.41) is 0. The van der Waals surface area contributed by atoms with Gasteiger partial charge in [-0.2, -0.15) is 0 Å². The highest BCUT2D eigenvalue weighted by molar-refractivity contribution is 5.83. The number of halogens is 1. The predicted octanol–water partition coefficient (Wildman–Crippen LogP) is 3.65. The van der Waals surface area contributed by atoms with Crippen molar-refractivity contribution in [2.75, 3.05) is 0 Å². The van der Waals surface area contributed by atoms with Crippen molar-refractivity contribution in [1.82, 2.24) is 0 Å². The molecule has 3 heteroatoms. The van der Waals surface area contributed by atoms with Crippen LogP contribution >= 0.6 is 0 Å². The summed E-state index contributed by atoms with van der Waals surface area (Å²) >= 11 is 0. The molecule has 0 bridgehead atoms. The second-order valence-corrected chi connectivity index (χ2v) is 4.91. The Morgan fingerprint density at radius 2 is 1.72 bits per heavy atom. The molecule has 1 atom stereocenters. The highest BCUT2D eigenvalue weighted by Gasteiger charge is 2.24. The van der Waals surface area contributed by atoms with Gasteiger partial charge in [0.2, 0.25) is 0 Å². The number of ketones is 1. The summed E-state index contributed by atoms with van der Waals surface area (Å²) < 4.78 is 12.8. The molecule has 0 amide bonds. The number of Topliss-reactive ketones (excluding diaryl/α,β-unsaturated/α-hetero) is 1. The smallest absolute Gasteiger partial charge is 0.137 e. The Labute approximate surface area is 109 Å². The molecule has 0 saturated carbocycles. The molecule has 1 aromatic rings. The summed E-state index contributed by atoms with van der Waals surface area (Å²) in [4.78, 5) is 11.6. The molecule has 18 heavy (non-hydrogen) atoms. The molecule has 0 aliphatic heterocycles. The van der Waals surface area contributed by atoms with Crippen LogP contribution in [0.1, 0.15) is 52.5 Å². The molecule has 0 heterocycles. The van der Waals surface area contributed by atoms with Gasteiger partial charge >= 0.3 is 0 Å². The first-order valence-corrected chi connectivity index (χ1v) is 6.34. The Kier molecular flexibility index (Phi) is 6.77. The van der Waals surface area contributed by atoms with Crippen LogP contribution in [0.15, 0.2) is 24.3 Å². The highest BCUT2D eigenvalue weighted by atomic mass is 19.1. The molecule has 0 saturated heterocycles. The number of hydrogen-bond donors (Lipinski definition) is 1. The first-order chi connectivity index (χ1) is 8.29. The van der Waals surface area contributed by atoms with Crippen molar-refractivity contribution in [3.8, 4) is 0 Å². The number of nitrogens with two attached hydrogens (primary N) is 1. The Bertz CT molecular complexity index is 365. The lowest BCUT2D eigenvalue weighted by atomic mass is 9.84. The van der Waals surface area contributed by atoms with Gasteiger partial charge in [0.25, 0.3) is 0 Å². The van der Waals surface area contributed by atoms with Gasteiger partial charge < -0.3 is 5.73 Å². The van der Waals surface area contributed by atoms with Crippen LogP contribution < -0.4 is 5.73 Å². The second kappa shape index (κ2) is 7.27. The number of rotatable bonds is 4. The zero-order chi connectivity index (χ0) is 14.3. The summed E-state index contributed by atoms with van der Waals surface area (Å²) in [6.45, 7) is 9.30.